The number of ketones is 1. The Kier molecular flexibility index (Phi) is 7.65. The highest BCUT2D eigenvalue weighted by atomic mass is 19.4. The third-order valence-electron chi connectivity index (χ3n) is 5.15. The molecule has 9 heteroatoms. The number of alkyl halides is 3. The van der Waals surface area contributed by atoms with Crippen LogP contribution in [0.15, 0.2) is 59.4 Å². The summed E-state index contributed by atoms with van der Waals surface area (Å²) in [4.78, 5) is 37.1. The molecular weight excluding hydrogens is 449 g/mol. The number of carbonyl (C=O) groups excluding carboxylic acids is 2. The number of halogens is 3. The third-order valence-corrected chi connectivity index (χ3v) is 5.15. The smallest absolute Gasteiger partial charge is 0.416 e. The van der Waals surface area contributed by atoms with E-state index in [1.807, 2.05) is 12.1 Å². The second-order valence-corrected chi connectivity index (χ2v) is 7.76. The van der Waals surface area contributed by atoms with Crippen molar-refractivity contribution in [3.05, 3.63) is 92.9 Å². The molecule has 0 saturated heterocycles. The van der Waals surface area contributed by atoms with Gasteiger partial charge in [0.05, 0.1) is 11.3 Å². The zero-order valence-corrected chi connectivity index (χ0v) is 18.7. The van der Waals surface area contributed by atoms with Crippen LogP contribution in [0.2, 0.25) is 0 Å². The minimum Gasteiger partial charge on any atom is -0.452 e. The standard InChI is InChI=1S/C25H23F3N2O4/c1-3-4-6-17-9-11-18(12-10-17)22(32)15-34-24(33)23-21(31)13-16(2)30(29-23)20-8-5-7-19(14-20)25(26,27)28/h5,7-14H,3-4,6,15H2,1-2H3. The van der Waals surface area contributed by atoms with E-state index < -0.39 is 41.2 Å². The number of aromatic nitrogens is 2. The SMILES string of the molecule is CCCCc1ccc(C(=O)COC(=O)c2nn(-c3cccc(C(F)(F)F)c3)c(C)cc2=O)cc1. The summed E-state index contributed by atoms with van der Waals surface area (Å²) < 4.78 is 45.2. The van der Waals surface area contributed by atoms with Crippen molar-refractivity contribution in [2.45, 2.75) is 39.3 Å². The molecule has 34 heavy (non-hydrogen) atoms. The number of aryl methyl sites for hydroxylation is 2. The first-order chi connectivity index (χ1) is 16.1. The van der Waals surface area contributed by atoms with E-state index in [9.17, 15) is 27.6 Å². The molecule has 2 aromatic carbocycles. The Hall–Kier alpha value is -3.75. The molecule has 0 unspecified atom stereocenters. The van der Waals surface area contributed by atoms with Crippen LogP contribution >= 0.6 is 0 Å². The van der Waals surface area contributed by atoms with Crippen LogP contribution < -0.4 is 5.43 Å². The fraction of sp³-hybridized carbons (Fsp3) is 0.280. The summed E-state index contributed by atoms with van der Waals surface area (Å²) >= 11 is 0. The summed E-state index contributed by atoms with van der Waals surface area (Å²) in [6.07, 6.45) is -1.58. The van der Waals surface area contributed by atoms with Crippen molar-refractivity contribution in [1.29, 1.82) is 0 Å². The van der Waals surface area contributed by atoms with Gasteiger partial charge in [-0.1, -0.05) is 43.7 Å². The van der Waals surface area contributed by atoms with Gasteiger partial charge in [0, 0.05) is 17.3 Å². The molecular formula is C25H23F3N2O4. The second kappa shape index (κ2) is 10.5. The van der Waals surface area contributed by atoms with Gasteiger partial charge in [-0.15, -0.1) is 0 Å². The lowest BCUT2D eigenvalue weighted by atomic mass is 10.0. The van der Waals surface area contributed by atoms with Crippen LogP contribution in [-0.4, -0.2) is 28.1 Å². The molecule has 3 rings (SSSR count). The van der Waals surface area contributed by atoms with Gasteiger partial charge < -0.3 is 4.74 Å². The Balaban J connectivity index is 1.77. The van der Waals surface area contributed by atoms with Crippen LogP contribution in [0.3, 0.4) is 0 Å². The van der Waals surface area contributed by atoms with Gasteiger partial charge in [-0.25, -0.2) is 9.48 Å². The summed E-state index contributed by atoms with van der Waals surface area (Å²) in [5.41, 5.74) is -0.620. The molecule has 0 spiro atoms. The molecule has 0 aliphatic carbocycles. The van der Waals surface area contributed by atoms with Crippen LogP contribution in [-0.2, 0) is 17.3 Å². The molecule has 0 atom stereocenters. The molecule has 0 N–H and O–H groups in total. The zero-order valence-electron chi connectivity index (χ0n) is 18.7. The lowest BCUT2D eigenvalue weighted by Crippen LogP contribution is -2.25. The maximum atomic E-state index is 13.1. The number of carbonyl (C=O) groups is 2. The van der Waals surface area contributed by atoms with Crippen molar-refractivity contribution in [2.75, 3.05) is 6.61 Å². The average molecular weight is 472 g/mol. The molecule has 0 aliphatic rings. The van der Waals surface area contributed by atoms with Crippen LogP contribution in [0, 0.1) is 6.92 Å². The topological polar surface area (TPSA) is 78.3 Å². The summed E-state index contributed by atoms with van der Waals surface area (Å²) in [5.74, 6) is -1.60. The summed E-state index contributed by atoms with van der Waals surface area (Å²) in [7, 11) is 0. The number of Topliss-reactive ketones (excluding diaryl/α,β-unsaturated/α-hetero) is 1. The number of benzene rings is 2. The van der Waals surface area contributed by atoms with E-state index in [4.69, 9.17) is 4.74 Å². The Morgan fingerprint density at radius 2 is 1.76 bits per heavy atom. The molecule has 0 aliphatic heterocycles. The molecule has 178 valence electrons. The first-order valence-electron chi connectivity index (χ1n) is 10.7. The predicted molar refractivity (Wildman–Crippen MR) is 119 cm³/mol. The summed E-state index contributed by atoms with van der Waals surface area (Å²) in [6.45, 7) is 2.95. The first-order valence-corrected chi connectivity index (χ1v) is 10.7. The van der Waals surface area contributed by atoms with E-state index in [2.05, 4.69) is 12.0 Å². The van der Waals surface area contributed by atoms with Crippen molar-refractivity contribution in [3.63, 3.8) is 0 Å². The lowest BCUT2D eigenvalue weighted by Gasteiger charge is -2.13. The minimum absolute atomic E-state index is 0.0145. The van der Waals surface area contributed by atoms with Gasteiger partial charge in [0.15, 0.2) is 12.4 Å². The fourth-order valence-corrected chi connectivity index (χ4v) is 3.29. The van der Waals surface area contributed by atoms with Gasteiger partial charge in [0.2, 0.25) is 11.1 Å². The number of rotatable bonds is 8. The Morgan fingerprint density at radius 1 is 1.06 bits per heavy atom. The van der Waals surface area contributed by atoms with Crippen LogP contribution in [0.1, 0.15) is 57.4 Å². The normalized spacial score (nSPS) is 11.3. The average Bonchev–Trinajstić information content (AvgIpc) is 2.81. The van der Waals surface area contributed by atoms with Gasteiger partial charge in [-0.05, 0) is 43.5 Å². The Bertz CT molecular complexity index is 1250. The van der Waals surface area contributed by atoms with E-state index in [0.717, 1.165) is 47.7 Å². The van der Waals surface area contributed by atoms with E-state index >= 15 is 0 Å². The molecule has 0 fully saturated rings. The van der Waals surface area contributed by atoms with E-state index in [-0.39, 0.29) is 11.4 Å². The third kappa shape index (κ3) is 5.98. The quantitative estimate of drug-likeness (QED) is 0.343. The van der Waals surface area contributed by atoms with Gasteiger partial charge in [-0.3, -0.25) is 9.59 Å². The highest BCUT2D eigenvalue weighted by Gasteiger charge is 2.30. The summed E-state index contributed by atoms with van der Waals surface area (Å²) in [5, 5.41) is 3.91. The molecule has 0 amide bonds. The van der Waals surface area contributed by atoms with E-state index in [1.54, 1.807) is 12.1 Å². The van der Waals surface area contributed by atoms with Crippen LogP contribution in [0.4, 0.5) is 13.2 Å². The number of hydrogen-bond acceptors (Lipinski definition) is 5. The van der Waals surface area contributed by atoms with Crippen LogP contribution in [0.5, 0.6) is 0 Å². The molecule has 0 bridgehead atoms. The largest absolute Gasteiger partial charge is 0.452 e. The highest BCUT2D eigenvalue weighted by molar-refractivity contribution is 5.99. The molecule has 3 aromatic rings. The van der Waals surface area contributed by atoms with Crippen molar-refractivity contribution < 1.29 is 27.5 Å². The highest BCUT2D eigenvalue weighted by Crippen LogP contribution is 2.30. The van der Waals surface area contributed by atoms with Gasteiger partial charge in [0.25, 0.3) is 0 Å². The number of unbranched alkanes of at least 4 members (excludes halogenated alkanes) is 1. The van der Waals surface area contributed by atoms with Gasteiger partial charge in [0.1, 0.15) is 0 Å². The maximum absolute atomic E-state index is 13.1. The van der Waals surface area contributed by atoms with Crippen LogP contribution in [0.25, 0.3) is 5.69 Å². The van der Waals surface area contributed by atoms with E-state index in [1.165, 1.54) is 19.1 Å². The number of nitrogens with zero attached hydrogens (tertiary/aromatic N) is 2. The first kappa shape index (κ1) is 24.9. The fourth-order valence-electron chi connectivity index (χ4n) is 3.29. The van der Waals surface area contributed by atoms with Crippen molar-refractivity contribution >= 4 is 11.8 Å². The monoisotopic (exact) mass is 472 g/mol. The maximum Gasteiger partial charge on any atom is 0.416 e. The summed E-state index contributed by atoms with van der Waals surface area (Å²) in [6, 6.07) is 12.3. The van der Waals surface area contributed by atoms with E-state index in [0.29, 0.717) is 5.56 Å². The predicted octanol–water partition coefficient (Wildman–Crippen LogP) is 4.94. The van der Waals surface area contributed by atoms with Crippen molar-refractivity contribution in [3.8, 4) is 5.69 Å². The second-order valence-electron chi connectivity index (χ2n) is 7.76. The Labute approximate surface area is 194 Å². The van der Waals surface area contributed by atoms with Gasteiger partial charge >= 0.3 is 12.1 Å². The lowest BCUT2D eigenvalue weighted by molar-refractivity contribution is -0.137. The zero-order chi connectivity index (χ0) is 24.9. The number of hydrogen-bond donors (Lipinski definition) is 0. The Morgan fingerprint density at radius 3 is 2.41 bits per heavy atom. The number of ether oxygens (including phenoxy) is 1. The van der Waals surface area contributed by atoms with Gasteiger partial charge in [-0.2, -0.15) is 18.3 Å². The molecule has 1 heterocycles. The minimum atomic E-state index is -4.57. The molecule has 1 aromatic heterocycles. The molecule has 0 radical (unpaired) electrons. The van der Waals surface area contributed by atoms with Crippen molar-refractivity contribution in [1.82, 2.24) is 9.78 Å². The number of esters is 1. The molecule has 0 saturated carbocycles. The van der Waals surface area contributed by atoms with Crippen molar-refractivity contribution in [2.24, 2.45) is 0 Å². The molecule has 6 nitrogen and oxygen atoms in total.